The van der Waals surface area contributed by atoms with Gasteiger partial charge >= 0.3 is 0 Å². The van der Waals surface area contributed by atoms with Gasteiger partial charge in [-0.15, -0.1) is 0 Å². The normalized spacial score (nSPS) is 11.4. The van der Waals surface area contributed by atoms with Crippen molar-refractivity contribution in [1.82, 2.24) is 0 Å². The second-order valence-electron chi connectivity index (χ2n) is 5.38. The third kappa shape index (κ3) is 3.66. The van der Waals surface area contributed by atoms with Gasteiger partial charge in [0.05, 0.1) is 11.4 Å². The van der Waals surface area contributed by atoms with E-state index in [1.54, 1.807) is 0 Å². The first-order valence-electron chi connectivity index (χ1n) is 7.55. The molecule has 0 aliphatic heterocycles. The number of hydrazone groups is 1. The molecule has 0 aromatic heterocycles. The van der Waals surface area contributed by atoms with Crippen molar-refractivity contribution in [2.75, 3.05) is 5.43 Å². The molecule has 0 saturated carbocycles. The summed E-state index contributed by atoms with van der Waals surface area (Å²) >= 11 is 0. The summed E-state index contributed by atoms with van der Waals surface area (Å²) in [6.45, 7) is 1.83. The molecule has 3 rings (SSSR count). The molecule has 0 saturated heterocycles. The number of hydrogen-bond donors (Lipinski definition) is 1. The molecule has 4 heteroatoms. The molecule has 0 fully saturated rings. The van der Waals surface area contributed by atoms with Gasteiger partial charge in [0.2, 0.25) is 0 Å². The predicted molar refractivity (Wildman–Crippen MR) is 94.1 cm³/mol. The average molecular weight is 322 g/mol. The molecule has 24 heavy (non-hydrogen) atoms. The van der Waals surface area contributed by atoms with Crippen LogP contribution in [0.2, 0.25) is 0 Å². The number of nitrogens with zero attached hydrogens (tertiary/aromatic N) is 1. The van der Waals surface area contributed by atoms with Crippen LogP contribution in [0.5, 0.6) is 0 Å². The molecule has 0 spiro atoms. The summed E-state index contributed by atoms with van der Waals surface area (Å²) in [6.07, 6.45) is 0. The smallest absolute Gasteiger partial charge is 0.151 e. The Morgan fingerprint density at radius 2 is 1.50 bits per heavy atom. The Hall–Kier alpha value is -3.01. The SMILES string of the molecule is C/C(=N\Nc1ccc(F)cc1F)c1ccc(-c2ccccc2)cc1. The Balaban J connectivity index is 1.76. The van der Waals surface area contributed by atoms with Crippen LogP contribution < -0.4 is 5.43 Å². The van der Waals surface area contributed by atoms with E-state index in [0.717, 1.165) is 22.8 Å². The molecule has 0 aliphatic carbocycles. The van der Waals surface area contributed by atoms with Gasteiger partial charge in [0.1, 0.15) is 5.82 Å². The molecule has 1 N–H and O–H groups in total. The molecule has 0 atom stereocenters. The van der Waals surface area contributed by atoms with Crippen molar-refractivity contribution in [3.63, 3.8) is 0 Å². The van der Waals surface area contributed by atoms with E-state index in [0.29, 0.717) is 5.71 Å². The minimum atomic E-state index is -0.675. The maximum absolute atomic E-state index is 13.6. The van der Waals surface area contributed by atoms with Gasteiger partial charge in [0, 0.05) is 6.07 Å². The van der Waals surface area contributed by atoms with Gasteiger partial charge in [-0.1, -0.05) is 54.6 Å². The molecule has 120 valence electrons. The highest BCUT2D eigenvalue weighted by molar-refractivity contribution is 5.99. The number of nitrogens with one attached hydrogen (secondary N) is 1. The molecule has 0 radical (unpaired) electrons. The Morgan fingerprint density at radius 1 is 0.833 bits per heavy atom. The van der Waals surface area contributed by atoms with E-state index in [-0.39, 0.29) is 5.69 Å². The molecule has 0 bridgehead atoms. The number of benzene rings is 3. The quantitative estimate of drug-likeness (QED) is 0.500. The fourth-order valence-electron chi connectivity index (χ4n) is 2.32. The van der Waals surface area contributed by atoms with Crippen LogP contribution in [0, 0.1) is 11.6 Å². The minimum Gasteiger partial charge on any atom is -0.275 e. The Morgan fingerprint density at radius 3 is 2.17 bits per heavy atom. The molecular weight excluding hydrogens is 306 g/mol. The average Bonchev–Trinajstić information content (AvgIpc) is 2.62. The molecule has 0 unspecified atom stereocenters. The first-order valence-corrected chi connectivity index (χ1v) is 7.55. The van der Waals surface area contributed by atoms with E-state index in [9.17, 15) is 8.78 Å². The lowest BCUT2D eigenvalue weighted by molar-refractivity contribution is 0.585. The van der Waals surface area contributed by atoms with Gasteiger partial charge in [-0.2, -0.15) is 5.10 Å². The van der Waals surface area contributed by atoms with Crippen LogP contribution in [-0.2, 0) is 0 Å². The van der Waals surface area contributed by atoms with Crippen LogP contribution in [0.15, 0.2) is 77.9 Å². The first kappa shape index (κ1) is 15.9. The lowest BCUT2D eigenvalue weighted by atomic mass is 10.0. The zero-order valence-electron chi connectivity index (χ0n) is 13.1. The summed E-state index contributed by atoms with van der Waals surface area (Å²) in [4.78, 5) is 0. The van der Waals surface area contributed by atoms with Gasteiger partial charge in [0.25, 0.3) is 0 Å². The van der Waals surface area contributed by atoms with Gasteiger partial charge in [-0.25, -0.2) is 8.78 Å². The third-order valence-corrected chi connectivity index (χ3v) is 3.68. The highest BCUT2D eigenvalue weighted by atomic mass is 19.1. The van der Waals surface area contributed by atoms with Crippen LogP contribution >= 0.6 is 0 Å². The van der Waals surface area contributed by atoms with E-state index in [1.165, 1.54) is 12.1 Å². The minimum absolute atomic E-state index is 0.136. The Labute approximate surface area is 139 Å². The van der Waals surface area contributed by atoms with Crippen molar-refractivity contribution < 1.29 is 8.78 Å². The summed E-state index contributed by atoms with van der Waals surface area (Å²) in [5.74, 6) is -1.29. The summed E-state index contributed by atoms with van der Waals surface area (Å²) in [6, 6.07) is 21.4. The van der Waals surface area contributed by atoms with Crippen molar-refractivity contribution in [2.24, 2.45) is 5.10 Å². The highest BCUT2D eigenvalue weighted by Gasteiger charge is 2.04. The van der Waals surface area contributed by atoms with Crippen LogP contribution in [-0.4, -0.2) is 5.71 Å². The van der Waals surface area contributed by atoms with Gasteiger partial charge < -0.3 is 0 Å². The Bertz CT molecular complexity index is 857. The van der Waals surface area contributed by atoms with Crippen molar-refractivity contribution in [2.45, 2.75) is 6.92 Å². The van der Waals surface area contributed by atoms with E-state index < -0.39 is 11.6 Å². The van der Waals surface area contributed by atoms with Crippen molar-refractivity contribution in [3.8, 4) is 11.1 Å². The maximum Gasteiger partial charge on any atom is 0.151 e. The molecule has 0 aliphatic rings. The number of halogens is 2. The second kappa shape index (κ2) is 7.04. The summed E-state index contributed by atoms with van der Waals surface area (Å²) in [5, 5.41) is 4.16. The van der Waals surface area contributed by atoms with Crippen molar-refractivity contribution >= 4 is 11.4 Å². The largest absolute Gasteiger partial charge is 0.275 e. The van der Waals surface area contributed by atoms with E-state index >= 15 is 0 Å². The zero-order chi connectivity index (χ0) is 16.9. The number of anilines is 1. The summed E-state index contributed by atoms with van der Waals surface area (Å²) < 4.78 is 26.5. The Kier molecular flexibility index (Phi) is 4.66. The molecule has 2 nitrogen and oxygen atoms in total. The predicted octanol–water partition coefficient (Wildman–Crippen LogP) is 5.47. The molecule has 3 aromatic carbocycles. The molecule has 0 heterocycles. The first-order chi connectivity index (χ1) is 11.6. The van der Waals surface area contributed by atoms with Crippen LogP contribution in [0.4, 0.5) is 14.5 Å². The summed E-state index contributed by atoms with van der Waals surface area (Å²) in [5.41, 5.74) is 6.65. The van der Waals surface area contributed by atoms with Gasteiger partial charge in [-0.05, 0) is 35.7 Å². The number of hydrogen-bond acceptors (Lipinski definition) is 2. The van der Waals surface area contributed by atoms with Crippen molar-refractivity contribution in [3.05, 3.63) is 90.0 Å². The van der Waals surface area contributed by atoms with E-state index in [1.807, 2.05) is 49.4 Å². The molecule has 0 amide bonds. The maximum atomic E-state index is 13.6. The second-order valence-corrected chi connectivity index (χ2v) is 5.38. The van der Waals surface area contributed by atoms with Gasteiger partial charge in [0.15, 0.2) is 5.82 Å². The standard InChI is InChI=1S/C20H16F2N2/c1-14(23-24-20-12-11-18(21)13-19(20)22)15-7-9-17(10-8-15)16-5-3-2-4-6-16/h2-13,24H,1H3/b23-14+. The number of rotatable bonds is 4. The van der Waals surface area contributed by atoms with Crippen molar-refractivity contribution in [1.29, 1.82) is 0 Å². The highest BCUT2D eigenvalue weighted by Crippen LogP contribution is 2.20. The van der Waals surface area contributed by atoms with E-state index in [4.69, 9.17) is 0 Å². The van der Waals surface area contributed by atoms with E-state index in [2.05, 4.69) is 22.7 Å². The third-order valence-electron chi connectivity index (χ3n) is 3.68. The van der Waals surface area contributed by atoms with Crippen LogP contribution in [0.1, 0.15) is 12.5 Å². The fourth-order valence-corrected chi connectivity index (χ4v) is 2.32. The fraction of sp³-hybridized carbons (Fsp3) is 0.0500. The summed E-state index contributed by atoms with van der Waals surface area (Å²) in [7, 11) is 0. The topological polar surface area (TPSA) is 24.4 Å². The molecular formula is C20H16F2N2. The lowest BCUT2D eigenvalue weighted by Crippen LogP contribution is -2.01. The zero-order valence-corrected chi connectivity index (χ0v) is 13.1. The molecule has 3 aromatic rings. The lowest BCUT2D eigenvalue weighted by Gasteiger charge is -2.06. The van der Waals surface area contributed by atoms with Crippen LogP contribution in [0.3, 0.4) is 0 Å². The van der Waals surface area contributed by atoms with Gasteiger partial charge in [-0.3, -0.25) is 5.43 Å². The monoisotopic (exact) mass is 322 g/mol. The van der Waals surface area contributed by atoms with Crippen LogP contribution in [0.25, 0.3) is 11.1 Å².